The predicted molar refractivity (Wildman–Crippen MR) is 106 cm³/mol. The molecule has 8 heteroatoms. The van der Waals surface area contributed by atoms with Crippen LogP contribution in [0, 0.1) is 5.82 Å². The first-order valence-corrected chi connectivity index (χ1v) is 10.1. The molecule has 0 saturated heterocycles. The minimum atomic E-state index is -3.97. The topological polar surface area (TPSA) is 75.3 Å². The van der Waals surface area contributed by atoms with E-state index >= 15 is 0 Å². The summed E-state index contributed by atoms with van der Waals surface area (Å²) in [6.07, 6.45) is 0. The molecule has 1 amide bonds. The lowest BCUT2D eigenvalue weighted by Gasteiger charge is -2.13. The third-order valence-electron chi connectivity index (χ3n) is 3.88. The van der Waals surface area contributed by atoms with Gasteiger partial charge < -0.3 is 5.32 Å². The molecule has 144 valence electrons. The second-order valence-corrected chi connectivity index (χ2v) is 8.04. The van der Waals surface area contributed by atoms with Crippen molar-refractivity contribution in [1.82, 2.24) is 5.32 Å². The van der Waals surface area contributed by atoms with Crippen LogP contribution in [0.5, 0.6) is 0 Å². The summed E-state index contributed by atoms with van der Waals surface area (Å²) in [7, 11) is -3.97. The number of anilines is 1. The first-order chi connectivity index (χ1) is 13.3. The normalized spacial score (nSPS) is 11.1. The third-order valence-corrected chi connectivity index (χ3v) is 5.50. The van der Waals surface area contributed by atoms with Crippen molar-refractivity contribution in [3.8, 4) is 0 Å². The van der Waals surface area contributed by atoms with E-state index in [0.29, 0.717) is 5.02 Å². The summed E-state index contributed by atoms with van der Waals surface area (Å²) in [4.78, 5) is 12.5. The molecule has 28 heavy (non-hydrogen) atoms. The summed E-state index contributed by atoms with van der Waals surface area (Å²) in [5, 5.41) is 3.29. The number of carbonyl (C=O) groups is 1. The number of sulfonamides is 1. The molecule has 3 aromatic carbocycles. The Hall–Kier alpha value is -2.90. The second-order valence-electron chi connectivity index (χ2n) is 5.92. The highest BCUT2D eigenvalue weighted by atomic mass is 35.5. The van der Waals surface area contributed by atoms with Gasteiger partial charge in [0.2, 0.25) is 0 Å². The van der Waals surface area contributed by atoms with E-state index in [2.05, 4.69) is 10.0 Å². The lowest BCUT2D eigenvalue weighted by Crippen LogP contribution is -2.25. The Kier molecular flexibility index (Phi) is 5.96. The molecule has 0 aliphatic rings. The van der Waals surface area contributed by atoms with Crippen molar-refractivity contribution in [1.29, 1.82) is 0 Å². The van der Waals surface area contributed by atoms with Gasteiger partial charge in [-0.3, -0.25) is 9.52 Å². The van der Waals surface area contributed by atoms with Gasteiger partial charge in [0.05, 0.1) is 16.1 Å². The van der Waals surface area contributed by atoms with Gasteiger partial charge in [-0.2, -0.15) is 0 Å². The van der Waals surface area contributed by atoms with E-state index in [9.17, 15) is 17.6 Å². The lowest BCUT2D eigenvalue weighted by atomic mass is 10.1. The van der Waals surface area contributed by atoms with Crippen LogP contribution >= 0.6 is 11.6 Å². The Morgan fingerprint density at radius 2 is 1.68 bits per heavy atom. The number of amides is 1. The van der Waals surface area contributed by atoms with Crippen molar-refractivity contribution < 1.29 is 17.6 Å². The second kappa shape index (κ2) is 8.41. The maximum Gasteiger partial charge on any atom is 0.261 e. The summed E-state index contributed by atoms with van der Waals surface area (Å²) in [6, 6.07) is 17.7. The molecular formula is C20H16ClFN2O3S. The highest BCUT2D eigenvalue weighted by Gasteiger charge is 2.18. The van der Waals surface area contributed by atoms with Crippen LogP contribution in [0.2, 0.25) is 5.02 Å². The fourth-order valence-electron chi connectivity index (χ4n) is 2.51. The SMILES string of the molecule is O=C(NCc1cccc(Cl)c1)c1ccccc1NS(=O)(=O)c1ccc(F)cc1. The highest BCUT2D eigenvalue weighted by molar-refractivity contribution is 7.92. The van der Waals surface area contributed by atoms with Crippen molar-refractivity contribution >= 4 is 33.2 Å². The zero-order valence-corrected chi connectivity index (χ0v) is 16.1. The molecule has 0 heterocycles. The van der Waals surface area contributed by atoms with Crippen molar-refractivity contribution in [2.45, 2.75) is 11.4 Å². The lowest BCUT2D eigenvalue weighted by molar-refractivity contribution is 0.0952. The smallest absolute Gasteiger partial charge is 0.261 e. The quantitative estimate of drug-likeness (QED) is 0.629. The fraction of sp³-hybridized carbons (Fsp3) is 0.0500. The summed E-state index contributed by atoms with van der Waals surface area (Å²) in [5.74, 6) is -0.989. The van der Waals surface area contributed by atoms with Crippen LogP contribution in [-0.4, -0.2) is 14.3 Å². The summed E-state index contributed by atoms with van der Waals surface area (Å²) >= 11 is 5.93. The predicted octanol–water partition coefficient (Wildman–Crippen LogP) is 4.21. The molecule has 0 aliphatic heterocycles. The van der Waals surface area contributed by atoms with Crippen molar-refractivity contribution in [3.63, 3.8) is 0 Å². The average molecular weight is 419 g/mol. The summed E-state index contributed by atoms with van der Waals surface area (Å²) in [5.41, 5.74) is 1.09. The van der Waals surface area contributed by atoms with Crippen LogP contribution in [0.4, 0.5) is 10.1 Å². The first-order valence-electron chi connectivity index (χ1n) is 8.25. The van der Waals surface area contributed by atoms with Crippen LogP contribution in [0.15, 0.2) is 77.7 Å². The first kappa shape index (κ1) is 19.9. The number of rotatable bonds is 6. The van der Waals surface area contributed by atoms with E-state index in [0.717, 1.165) is 29.8 Å². The number of hydrogen-bond acceptors (Lipinski definition) is 3. The largest absolute Gasteiger partial charge is 0.348 e. The maximum atomic E-state index is 13.0. The van der Waals surface area contributed by atoms with Gasteiger partial charge in [0.1, 0.15) is 5.82 Å². The molecule has 3 rings (SSSR count). The molecular weight excluding hydrogens is 403 g/mol. The summed E-state index contributed by atoms with van der Waals surface area (Å²) < 4.78 is 40.5. The Morgan fingerprint density at radius 3 is 2.39 bits per heavy atom. The van der Waals surface area contributed by atoms with E-state index in [1.807, 2.05) is 6.07 Å². The molecule has 2 N–H and O–H groups in total. The van der Waals surface area contributed by atoms with Gasteiger partial charge in [0.25, 0.3) is 15.9 Å². The Balaban J connectivity index is 1.78. The number of para-hydroxylation sites is 1. The molecule has 0 bridgehead atoms. The monoisotopic (exact) mass is 418 g/mol. The van der Waals surface area contributed by atoms with Crippen LogP contribution in [0.3, 0.4) is 0 Å². The minimum absolute atomic E-state index is 0.108. The van der Waals surface area contributed by atoms with Gasteiger partial charge in [0.15, 0.2) is 0 Å². The van der Waals surface area contributed by atoms with Gasteiger partial charge in [-0.25, -0.2) is 12.8 Å². The number of nitrogens with one attached hydrogen (secondary N) is 2. The van der Waals surface area contributed by atoms with E-state index in [1.54, 1.807) is 30.3 Å². The van der Waals surface area contributed by atoms with Gasteiger partial charge in [0, 0.05) is 11.6 Å². The molecule has 3 aromatic rings. The van der Waals surface area contributed by atoms with Crippen LogP contribution in [0.25, 0.3) is 0 Å². The zero-order chi connectivity index (χ0) is 20.1. The maximum absolute atomic E-state index is 13.0. The standard InChI is InChI=1S/C20H16ClFN2O3S/c21-15-5-3-4-14(12-15)13-23-20(25)18-6-1-2-7-19(18)24-28(26,27)17-10-8-16(22)9-11-17/h1-12,24H,13H2,(H,23,25). The van der Waals surface area contributed by atoms with Crippen molar-refractivity contribution in [2.24, 2.45) is 0 Å². The van der Waals surface area contributed by atoms with Gasteiger partial charge in [-0.15, -0.1) is 0 Å². The van der Waals surface area contributed by atoms with E-state index < -0.39 is 21.7 Å². The van der Waals surface area contributed by atoms with Crippen LogP contribution in [0.1, 0.15) is 15.9 Å². The Bertz CT molecular complexity index is 1100. The molecule has 0 radical (unpaired) electrons. The molecule has 0 fully saturated rings. The fourth-order valence-corrected chi connectivity index (χ4v) is 3.80. The number of carbonyl (C=O) groups excluding carboxylic acids is 1. The summed E-state index contributed by atoms with van der Waals surface area (Å²) in [6.45, 7) is 0.235. The van der Waals surface area contributed by atoms with Gasteiger partial charge in [-0.1, -0.05) is 35.9 Å². The van der Waals surface area contributed by atoms with Crippen LogP contribution in [-0.2, 0) is 16.6 Å². The number of halogens is 2. The third kappa shape index (κ3) is 4.88. The molecule has 5 nitrogen and oxygen atoms in total. The molecule has 0 saturated carbocycles. The van der Waals surface area contributed by atoms with E-state index in [1.165, 1.54) is 12.1 Å². The number of hydrogen-bond donors (Lipinski definition) is 2. The van der Waals surface area contributed by atoms with E-state index in [-0.39, 0.29) is 22.7 Å². The molecule has 0 atom stereocenters. The van der Waals surface area contributed by atoms with Gasteiger partial charge in [-0.05, 0) is 54.1 Å². The number of benzene rings is 3. The van der Waals surface area contributed by atoms with Crippen molar-refractivity contribution in [3.05, 3.63) is 94.8 Å². The highest BCUT2D eigenvalue weighted by Crippen LogP contribution is 2.21. The van der Waals surface area contributed by atoms with Crippen LogP contribution < -0.4 is 10.0 Å². The molecule has 0 unspecified atom stereocenters. The van der Waals surface area contributed by atoms with Gasteiger partial charge >= 0.3 is 0 Å². The molecule has 0 spiro atoms. The minimum Gasteiger partial charge on any atom is -0.348 e. The molecule has 0 aliphatic carbocycles. The molecule has 0 aromatic heterocycles. The van der Waals surface area contributed by atoms with Crippen molar-refractivity contribution in [2.75, 3.05) is 4.72 Å². The zero-order valence-electron chi connectivity index (χ0n) is 14.5. The Labute approximate surface area is 167 Å². The average Bonchev–Trinajstić information content (AvgIpc) is 2.67. The van der Waals surface area contributed by atoms with E-state index in [4.69, 9.17) is 11.6 Å². The Morgan fingerprint density at radius 1 is 0.964 bits per heavy atom.